The summed E-state index contributed by atoms with van der Waals surface area (Å²) in [6.07, 6.45) is 8.71. The Hall–Kier alpha value is -0.610. The van der Waals surface area contributed by atoms with Crippen molar-refractivity contribution >= 4 is 5.91 Å². The molecule has 0 aromatic heterocycles. The number of carbonyl (C=O) groups is 1. The number of piperidine rings is 1. The third-order valence-corrected chi connectivity index (χ3v) is 5.32. The standard InChI is InChI=1S/C16H31N3O/c1-3-10-18-16(2,15(17)20)9-12-19-11-5-7-13-6-4-8-14(13)19/h13-14,18H,3-12H2,1-2H3,(H2,17,20). The highest BCUT2D eigenvalue weighted by molar-refractivity contribution is 5.84. The molecule has 0 bridgehead atoms. The summed E-state index contributed by atoms with van der Waals surface area (Å²) in [5.74, 6) is 0.693. The highest BCUT2D eigenvalue weighted by Crippen LogP contribution is 2.36. The molecule has 0 aromatic carbocycles. The second-order valence-electron chi connectivity index (χ2n) is 6.81. The third kappa shape index (κ3) is 3.53. The number of fused-ring (bicyclic) bond motifs is 1. The summed E-state index contributed by atoms with van der Waals surface area (Å²) >= 11 is 0. The van der Waals surface area contributed by atoms with Crippen molar-refractivity contribution in [3.05, 3.63) is 0 Å². The molecule has 1 aliphatic heterocycles. The van der Waals surface area contributed by atoms with Crippen LogP contribution in [-0.4, -0.2) is 42.0 Å². The molecule has 0 aromatic rings. The first kappa shape index (κ1) is 15.8. The van der Waals surface area contributed by atoms with Gasteiger partial charge in [0.25, 0.3) is 0 Å². The normalized spacial score (nSPS) is 29.9. The minimum Gasteiger partial charge on any atom is -0.368 e. The lowest BCUT2D eigenvalue weighted by Crippen LogP contribution is -2.55. The number of carbonyl (C=O) groups excluding carboxylic acids is 1. The molecule has 2 rings (SSSR count). The maximum Gasteiger partial charge on any atom is 0.237 e. The molecule has 0 spiro atoms. The molecule has 3 N–H and O–H groups in total. The fraction of sp³-hybridized carbons (Fsp3) is 0.938. The smallest absolute Gasteiger partial charge is 0.237 e. The number of likely N-dealkylation sites (tertiary alicyclic amines) is 1. The second-order valence-corrected chi connectivity index (χ2v) is 6.81. The van der Waals surface area contributed by atoms with Crippen molar-refractivity contribution in [3.8, 4) is 0 Å². The van der Waals surface area contributed by atoms with Crippen LogP contribution in [0.1, 0.15) is 58.8 Å². The van der Waals surface area contributed by atoms with Crippen molar-refractivity contribution in [1.82, 2.24) is 10.2 Å². The van der Waals surface area contributed by atoms with E-state index < -0.39 is 5.54 Å². The van der Waals surface area contributed by atoms with Crippen molar-refractivity contribution in [2.45, 2.75) is 70.4 Å². The summed E-state index contributed by atoms with van der Waals surface area (Å²) < 4.78 is 0. The lowest BCUT2D eigenvalue weighted by Gasteiger charge is -2.39. The maximum atomic E-state index is 11.8. The van der Waals surface area contributed by atoms with Crippen molar-refractivity contribution < 1.29 is 4.79 Å². The van der Waals surface area contributed by atoms with Crippen LogP contribution in [0.25, 0.3) is 0 Å². The Morgan fingerprint density at radius 3 is 2.80 bits per heavy atom. The topological polar surface area (TPSA) is 58.4 Å². The van der Waals surface area contributed by atoms with Crippen LogP contribution >= 0.6 is 0 Å². The van der Waals surface area contributed by atoms with Gasteiger partial charge in [-0.15, -0.1) is 0 Å². The first-order valence-corrected chi connectivity index (χ1v) is 8.36. The minimum atomic E-state index is -0.554. The number of nitrogens with one attached hydrogen (secondary N) is 1. The fourth-order valence-electron chi connectivity index (χ4n) is 3.90. The molecule has 1 amide bonds. The van der Waals surface area contributed by atoms with Gasteiger partial charge in [0.15, 0.2) is 0 Å². The molecule has 1 aliphatic carbocycles. The zero-order valence-electron chi connectivity index (χ0n) is 13.2. The van der Waals surface area contributed by atoms with Gasteiger partial charge in [-0.05, 0) is 64.5 Å². The van der Waals surface area contributed by atoms with E-state index in [9.17, 15) is 4.79 Å². The third-order valence-electron chi connectivity index (χ3n) is 5.32. The largest absolute Gasteiger partial charge is 0.368 e. The number of hydrogen-bond acceptors (Lipinski definition) is 3. The summed E-state index contributed by atoms with van der Waals surface area (Å²) in [5.41, 5.74) is 5.06. The lowest BCUT2D eigenvalue weighted by atomic mass is 9.90. The zero-order chi connectivity index (χ0) is 14.6. The average molecular weight is 281 g/mol. The van der Waals surface area contributed by atoms with Gasteiger partial charge in [0, 0.05) is 12.6 Å². The van der Waals surface area contributed by atoms with Crippen LogP contribution in [0.3, 0.4) is 0 Å². The van der Waals surface area contributed by atoms with Gasteiger partial charge >= 0.3 is 0 Å². The van der Waals surface area contributed by atoms with Crippen LogP contribution in [0.4, 0.5) is 0 Å². The molecule has 20 heavy (non-hydrogen) atoms. The first-order valence-electron chi connectivity index (χ1n) is 8.36. The van der Waals surface area contributed by atoms with E-state index in [1.807, 2.05) is 6.92 Å². The number of primary amides is 1. The van der Waals surface area contributed by atoms with Crippen LogP contribution in [-0.2, 0) is 4.79 Å². The number of nitrogens with two attached hydrogens (primary N) is 1. The van der Waals surface area contributed by atoms with Crippen molar-refractivity contribution in [3.63, 3.8) is 0 Å². The van der Waals surface area contributed by atoms with Gasteiger partial charge in [-0.3, -0.25) is 4.79 Å². The minimum absolute atomic E-state index is 0.217. The SMILES string of the molecule is CCCNC(C)(CCN1CCCC2CCCC21)C(N)=O. The highest BCUT2D eigenvalue weighted by Gasteiger charge is 2.37. The molecule has 1 saturated heterocycles. The van der Waals surface area contributed by atoms with Gasteiger partial charge in [0.05, 0.1) is 5.54 Å². The van der Waals surface area contributed by atoms with E-state index in [1.54, 1.807) is 0 Å². The second kappa shape index (κ2) is 6.90. The number of nitrogens with zero attached hydrogens (tertiary/aromatic N) is 1. The summed E-state index contributed by atoms with van der Waals surface area (Å²) in [4.78, 5) is 14.4. The Morgan fingerprint density at radius 2 is 2.10 bits per heavy atom. The van der Waals surface area contributed by atoms with Crippen molar-refractivity contribution in [2.24, 2.45) is 11.7 Å². The fourth-order valence-corrected chi connectivity index (χ4v) is 3.90. The van der Waals surface area contributed by atoms with Gasteiger partial charge in [0.2, 0.25) is 5.91 Å². The van der Waals surface area contributed by atoms with Crippen molar-refractivity contribution in [2.75, 3.05) is 19.6 Å². The van der Waals surface area contributed by atoms with Gasteiger partial charge in [-0.1, -0.05) is 13.3 Å². The van der Waals surface area contributed by atoms with Crippen LogP contribution in [0.2, 0.25) is 0 Å². The van der Waals surface area contributed by atoms with Crippen LogP contribution in [0, 0.1) is 5.92 Å². The quantitative estimate of drug-likeness (QED) is 0.749. The molecule has 2 aliphatic rings. The maximum absolute atomic E-state index is 11.8. The van der Waals surface area contributed by atoms with Gasteiger partial charge in [-0.2, -0.15) is 0 Å². The highest BCUT2D eigenvalue weighted by atomic mass is 16.1. The van der Waals surface area contributed by atoms with E-state index in [1.165, 1.54) is 38.6 Å². The molecule has 1 heterocycles. The molecular weight excluding hydrogens is 250 g/mol. The zero-order valence-corrected chi connectivity index (χ0v) is 13.2. The number of rotatable bonds is 7. The molecular formula is C16H31N3O. The summed E-state index contributed by atoms with van der Waals surface area (Å²) in [5, 5.41) is 3.34. The van der Waals surface area contributed by atoms with Crippen LogP contribution in [0.15, 0.2) is 0 Å². The van der Waals surface area contributed by atoms with E-state index in [4.69, 9.17) is 5.73 Å². The average Bonchev–Trinajstić information content (AvgIpc) is 2.91. The van der Waals surface area contributed by atoms with E-state index in [2.05, 4.69) is 17.1 Å². The van der Waals surface area contributed by atoms with E-state index in [0.29, 0.717) is 0 Å². The predicted molar refractivity (Wildman–Crippen MR) is 82.4 cm³/mol. The predicted octanol–water partition coefficient (Wildman–Crippen LogP) is 1.88. The Bertz CT molecular complexity index is 334. The van der Waals surface area contributed by atoms with Gasteiger partial charge in [0.1, 0.15) is 0 Å². The Kier molecular flexibility index (Phi) is 5.44. The van der Waals surface area contributed by atoms with Crippen molar-refractivity contribution in [1.29, 1.82) is 0 Å². The Morgan fingerprint density at radius 1 is 1.35 bits per heavy atom. The number of amides is 1. The first-order chi connectivity index (χ1) is 9.57. The summed E-state index contributed by atoms with van der Waals surface area (Å²) in [6, 6.07) is 0.770. The molecule has 0 radical (unpaired) electrons. The van der Waals surface area contributed by atoms with Crippen LogP contribution in [0.5, 0.6) is 0 Å². The molecule has 1 saturated carbocycles. The number of hydrogen-bond donors (Lipinski definition) is 2. The summed E-state index contributed by atoms with van der Waals surface area (Å²) in [7, 11) is 0. The molecule has 2 fully saturated rings. The lowest BCUT2D eigenvalue weighted by molar-refractivity contribution is -0.124. The Balaban J connectivity index is 1.89. The Labute approximate surface area is 123 Å². The van der Waals surface area contributed by atoms with E-state index in [-0.39, 0.29) is 5.91 Å². The molecule has 4 heteroatoms. The van der Waals surface area contributed by atoms with E-state index in [0.717, 1.165) is 37.9 Å². The molecule has 116 valence electrons. The molecule has 3 atom stereocenters. The molecule has 4 nitrogen and oxygen atoms in total. The summed E-state index contributed by atoms with van der Waals surface area (Å²) in [6.45, 7) is 7.12. The van der Waals surface area contributed by atoms with Gasteiger partial charge < -0.3 is 16.0 Å². The van der Waals surface area contributed by atoms with E-state index >= 15 is 0 Å². The van der Waals surface area contributed by atoms with Crippen LogP contribution < -0.4 is 11.1 Å². The monoisotopic (exact) mass is 281 g/mol. The molecule has 3 unspecified atom stereocenters. The van der Waals surface area contributed by atoms with Gasteiger partial charge in [-0.25, -0.2) is 0 Å².